The molecule has 0 radical (unpaired) electrons. The molecule has 1 aliphatic rings. The van der Waals surface area contributed by atoms with Crippen LogP contribution in [0, 0.1) is 5.82 Å². The zero-order valence-corrected chi connectivity index (χ0v) is 18.2. The summed E-state index contributed by atoms with van der Waals surface area (Å²) in [7, 11) is 0. The Bertz CT molecular complexity index is 1090. The van der Waals surface area contributed by atoms with Crippen molar-refractivity contribution in [3.8, 4) is 5.75 Å². The number of halogens is 3. The van der Waals surface area contributed by atoms with Crippen LogP contribution in [0.25, 0.3) is 0 Å². The van der Waals surface area contributed by atoms with Crippen LogP contribution in [-0.2, 0) is 17.8 Å². The number of nitrogens with zero attached hydrogens (tertiary/aromatic N) is 1. The molecule has 1 heterocycles. The summed E-state index contributed by atoms with van der Waals surface area (Å²) in [5.74, 6) is -0.374. The number of carbonyl (C=O) groups excluding carboxylic acids is 1. The molecule has 0 fully saturated rings. The average molecular weight is 491 g/mol. The van der Waals surface area contributed by atoms with Gasteiger partial charge in [-0.05, 0) is 63.3 Å². The topological polar surface area (TPSA) is 49.8 Å². The standard InChI is InChI=1S/C23H18BrClFNO3/c24-21-16-10-11-27(23(29)30-13-14-4-2-1-3-5-14)22(17(16)7-8-19(21)26)18-12-15(25)6-9-20(18)28/h1-9,12,22,28H,10-11,13H2. The molecule has 1 atom stereocenters. The lowest BCUT2D eigenvalue weighted by Crippen LogP contribution is -2.41. The highest BCUT2D eigenvalue weighted by Gasteiger charge is 2.36. The van der Waals surface area contributed by atoms with Crippen molar-refractivity contribution >= 4 is 33.6 Å². The molecule has 3 aromatic carbocycles. The van der Waals surface area contributed by atoms with Crippen LogP contribution in [-0.4, -0.2) is 22.6 Å². The predicted molar refractivity (Wildman–Crippen MR) is 116 cm³/mol. The van der Waals surface area contributed by atoms with Gasteiger partial charge in [0.25, 0.3) is 0 Å². The summed E-state index contributed by atoms with van der Waals surface area (Å²) in [6.07, 6.45) is -0.0688. The van der Waals surface area contributed by atoms with Gasteiger partial charge in [-0.2, -0.15) is 0 Å². The van der Waals surface area contributed by atoms with Crippen LogP contribution in [0.1, 0.15) is 28.3 Å². The van der Waals surface area contributed by atoms with E-state index < -0.39 is 12.1 Å². The zero-order chi connectivity index (χ0) is 21.3. The second-order valence-electron chi connectivity index (χ2n) is 7.02. The Morgan fingerprint density at radius 3 is 2.70 bits per heavy atom. The Morgan fingerprint density at radius 1 is 1.17 bits per heavy atom. The number of hydrogen-bond acceptors (Lipinski definition) is 3. The third-order valence-corrected chi connectivity index (χ3v) is 6.26. The highest BCUT2D eigenvalue weighted by molar-refractivity contribution is 9.10. The van der Waals surface area contributed by atoms with E-state index in [2.05, 4.69) is 15.9 Å². The molecule has 0 aromatic heterocycles. The molecule has 3 aromatic rings. The molecule has 0 spiro atoms. The van der Waals surface area contributed by atoms with Gasteiger partial charge in [0.1, 0.15) is 18.2 Å². The number of carbonyl (C=O) groups is 1. The molecule has 1 amide bonds. The Hall–Kier alpha value is -2.57. The molecule has 0 aliphatic carbocycles. The lowest BCUT2D eigenvalue weighted by Gasteiger charge is -2.37. The highest BCUT2D eigenvalue weighted by Crippen LogP contribution is 2.42. The molecule has 1 unspecified atom stereocenters. The fourth-order valence-electron chi connectivity index (χ4n) is 3.73. The van der Waals surface area contributed by atoms with Crippen LogP contribution in [0.15, 0.2) is 65.1 Å². The van der Waals surface area contributed by atoms with Crippen molar-refractivity contribution in [1.82, 2.24) is 4.90 Å². The van der Waals surface area contributed by atoms with Crippen LogP contribution in [0.4, 0.5) is 9.18 Å². The summed E-state index contributed by atoms with van der Waals surface area (Å²) in [5.41, 5.74) is 2.80. The molecule has 0 saturated heterocycles. The molecule has 154 valence electrons. The summed E-state index contributed by atoms with van der Waals surface area (Å²) >= 11 is 9.49. The summed E-state index contributed by atoms with van der Waals surface area (Å²) in [4.78, 5) is 14.6. The number of phenols is 1. The van der Waals surface area contributed by atoms with Crippen molar-refractivity contribution in [2.24, 2.45) is 0 Å². The summed E-state index contributed by atoms with van der Waals surface area (Å²) in [6.45, 7) is 0.434. The molecule has 1 aliphatic heterocycles. The summed E-state index contributed by atoms with van der Waals surface area (Å²) in [5, 5.41) is 10.9. The molecular formula is C23H18BrClFNO3. The van der Waals surface area contributed by atoms with Crippen LogP contribution >= 0.6 is 27.5 Å². The van der Waals surface area contributed by atoms with Gasteiger partial charge in [-0.1, -0.05) is 48.0 Å². The highest BCUT2D eigenvalue weighted by atomic mass is 79.9. The van der Waals surface area contributed by atoms with E-state index in [0.29, 0.717) is 33.6 Å². The number of rotatable bonds is 3. The van der Waals surface area contributed by atoms with Gasteiger partial charge in [0.05, 0.1) is 10.5 Å². The van der Waals surface area contributed by atoms with Gasteiger partial charge in [-0.15, -0.1) is 0 Å². The van der Waals surface area contributed by atoms with Crippen molar-refractivity contribution in [1.29, 1.82) is 0 Å². The fraction of sp³-hybridized carbons (Fsp3) is 0.174. The molecular weight excluding hydrogens is 473 g/mol. The SMILES string of the molecule is O=C(OCc1ccccc1)N1CCc2c(ccc(F)c2Br)C1c1cc(Cl)ccc1O. The van der Waals surface area contributed by atoms with E-state index in [4.69, 9.17) is 16.3 Å². The number of benzene rings is 3. The smallest absolute Gasteiger partial charge is 0.410 e. The normalized spacial score (nSPS) is 15.6. The number of fused-ring (bicyclic) bond motifs is 1. The van der Waals surface area contributed by atoms with Crippen LogP contribution in [0.3, 0.4) is 0 Å². The minimum Gasteiger partial charge on any atom is -0.508 e. The van der Waals surface area contributed by atoms with Gasteiger partial charge in [0, 0.05) is 17.1 Å². The first kappa shape index (κ1) is 20.7. The number of hydrogen-bond donors (Lipinski definition) is 1. The Balaban J connectivity index is 1.72. The van der Waals surface area contributed by atoms with Crippen molar-refractivity contribution in [2.45, 2.75) is 19.1 Å². The second-order valence-corrected chi connectivity index (χ2v) is 8.25. The van der Waals surface area contributed by atoms with Gasteiger partial charge in [0.15, 0.2) is 0 Å². The number of aromatic hydroxyl groups is 1. The average Bonchev–Trinajstić information content (AvgIpc) is 2.76. The number of amides is 1. The van der Waals surface area contributed by atoms with E-state index in [1.165, 1.54) is 12.1 Å². The Labute approximate surface area is 187 Å². The maximum atomic E-state index is 14.1. The molecule has 4 rings (SSSR count). The largest absolute Gasteiger partial charge is 0.508 e. The molecule has 30 heavy (non-hydrogen) atoms. The lowest BCUT2D eigenvalue weighted by atomic mass is 9.88. The van der Waals surface area contributed by atoms with Crippen LogP contribution in [0.5, 0.6) is 5.75 Å². The monoisotopic (exact) mass is 489 g/mol. The van der Waals surface area contributed by atoms with Gasteiger partial charge < -0.3 is 9.84 Å². The van der Waals surface area contributed by atoms with Gasteiger partial charge in [-0.25, -0.2) is 9.18 Å². The first-order valence-corrected chi connectivity index (χ1v) is 10.6. The molecule has 0 bridgehead atoms. The maximum absolute atomic E-state index is 14.1. The Kier molecular flexibility index (Phi) is 5.97. The second kappa shape index (κ2) is 8.66. The Morgan fingerprint density at radius 2 is 1.93 bits per heavy atom. The quantitative estimate of drug-likeness (QED) is 0.473. The van der Waals surface area contributed by atoms with E-state index in [-0.39, 0.29) is 18.2 Å². The van der Waals surface area contributed by atoms with Gasteiger partial charge in [0.2, 0.25) is 0 Å². The molecule has 0 saturated carbocycles. The minimum atomic E-state index is -0.660. The molecule has 7 heteroatoms. The van der Waals surface area contributed by atoms with Crippen LogP contribution < -0.4 is 0 Å². The van der Waals surface area contributed by atoms with E-state index in [1.54, 1.807) is 23.1 Å². The predicted octanol–water partition coefficient (Wildman–Crippen LogP) is 6.23. The molecule has 4 nitrogen and oxygen atoms in total. The minimum absolute atomic E-state index is 0.00134. The summed E-state index contributed by atoms with van der Waals surface area (Å²) < 4.78 is 20.0. The third kappa shape index (κ3) is 4.02. The van der Waals surface area contributed by atoms with E-state index in [1.807, 2.05) is 30.3 Å². The maximum Gasteiger partial charge on any atom is 0.410 e. The van der Waals surface area contributed by atoms with Crippen molar-refractivity contribution in [3.05, 3.63) is 98.2 Å². The van der Waals surface area contributed by atoms with E-state index >= 15 is 0 Å². The van der Waals surface area contributed by atoms with Gasteiger partial charge in [-0.3, -0.25) is 4.90 Å². The van der Waals surface area contributed by atoms with E-state index in [9.17, 15) is 14.3 Å². The number of ether oxygens (including phenoxy) is 1. The number of phenolic OH excluding ortho intramolecular Hbond substituents is 1. The van der Waals surface area contributed by atoms with Crippen molar-refractivity contribution in [2.75, 3.05) is 6.54 Å². The lowest BCUT2D eigenvalue weighted by molar-refractivity contribution is 0.0832. The van der Waals surface area contributed by atoms with Crippen molar-refractivity contribution < 1.29 is 19.0 Å². The summed E-state index contributed by atoms with van der Waals surface area (Å²) in [6, 6.07) is 16.4. The fourth-order valence-corrected chi connectivity index (χ4v) is 4.47. The van der Waals surface area contributed by atoms with Gasteiger partial charge >= 0.3 is 6.09 Å². The van der Waals surface area contributed by atoms with E-state index in [0.717, 1.165) is 11.1 Å². The first-order chi connectivity index (χ1) is 14.5. The third-order valence-electron chi connectivity index (χ3n) is 5.17. The molecule has 1 N–H and O–H groups in total. The van der Waals surface area contributed by atoms with Crippen LogP contribution in [0.2, 0.25) is 5.02 Å². The first-order valence-electron chi connectivity index (χ1n) is 9.38. The zero-order valence-electron chi connectivity index (χ0n) is 15.8. The van der Waals surface area contributed by atoms with Crippen molar-refractivity contribution in [3.63, 3.8) is 0 Å².